The SMILES string of the molecule is N#Cc1cccc(-c2cc(-n3c4ccccc4c4ccc(-c5ccccc5)cc43)c(-n3c4ccccc4c4ccc(-c5ccccc5)cc43)cc2C(F)(F)F)c1. The molecule has 0 saturated carbocycles. The van der Waals surface area contributed by atoms with Crippen molar-refractivity contribution in [2.75, 3.05) is 0 Å². The maximum absolute atomic E-state index is 15.6. The first-order valence-corrected chi connectivity index (χ1v) is 18.3. The summed E-state index contributed by atoms with van der Waals surface area (Å²) in [5, 5.41) is 13.6. The lowest BCUT2D eigenvalue weighted by molar-refractivity contribution is -0.137. The highest BCUT2D eigenvalue weighted by molar-refractivity contribution is 6.12. The molecule has 0 bridgehead atoms. The highest BCUT2D eigenvalue weighted by Crippen LogP contribution is 2.45. The Kier molecular flexibility index (Phi) is 7.65. The van der Waals surface area contributed by atoms with Crippen molar-refractivity contribution in [3.05, 3.63) is 193 Å². The van der Waals surface area contributed by atoms with Crippen molar-refractivity contribution in [3.63, 3.8) is 0 Å². The zero-order chi connectivity index (χ0) is 38.0. The lowest BCUT2D eigenvalue weighted by Gasteiger charge is -2.22. The van der Waals surface area contributed by atoms with E-state index in [1.54, 1.807) is 24.3 Å². The van der Waals surface area contributed by atoms with Crippen LogP contribution in [0.1, 0.15) is 11.1 Å². The lowest BCUT2D eigenvalue weighted by atomic mass is 9.95. The molecule has 6 heteroatoms. The summed E-state index contributed by atoms with van der Waals surface area (Å²) in [5.74, 6) is 0. The molecule has 10 aromatic rings. The fourth-order valence-corrected chi connectivity index (χ4v) is 8.25. The number of aromatic nitrogens is 2. The number of alkyl halides is 3. The third-order valence-corrected chi connectivity index (χ3v) is 10.8. The zero-order valence-corrected chi connectivity index (χ0v) is 29.8. The number of nitriles is 1. The van der Waals surface area contributed by atoms with Crippen LogP contribution in [0.25, 0.3) is 88.4 Å². The molecule has 266 valence electrons. The predicted octanol–water partition coefficient (Wildman–Crippen LogP) is 13.8. The first kappa shape index (κ1) is 33.2. The van der Waals surface area contributed by atoms with Gasteiger partial charge in [0.05, 0.1) is 50.6 Å². The first-order valence-electron chi connectivity index (χ1n) is 18.3. The number of nitrogens with zero attached hydrogens (tertiary/aromatic N) is 3. The van der Waals surface area contributed by atoms with E-state index >= 15 is 13.2 Å². The van der Waals surface area contributed by atoms with Crippen LogP contribution in [0.2, 0.25) is 0 Å². The molecule has 0 saturated heterocycles. The van der Waals surface area contributed by atoms with Crippen LogP contribution in [0.4, 0.5) is 13.2 Å². The summed E-state index contributed by atoms with van der Waals surface area (Å²) in [5.41, 5.74) is 7.99. The Morgan fingerprint density at radius 2 is 0.857 bits per heavy atom. The molecule has 0 spiro atoms. The normalized spacial score (nSPS) is 11.8. The molecule has 0 amide bonds. The molecule has 0 fully saturated rings. The van der Waals surface area contributed by atoms with Gasteiger partial charge in [0.1, 0.15) is 0 Å². The van der Waals surface area contributed by atoms with Crippen LogP contribution < -0.4 is 0 Å². The molecule has 8 aromatic carbocycles. The van der Waals surface area contributed by atoms with Gasteiger partial charge in [0.2, 0.25) is 0 Å². The molecule has 3 nitrogen and oxygen atoms in total. The number of hydrogen-bond acceptors (Lipinski definition) is 1. The van der Waals surface area contributed by atoms with Crippen LogP contribution in [-0.2, 0) is 6.18 Å². The summed E-state index contributed by atoms with van der Waals surface area (Å²) in [7, 11) is 0. The highest BCUT2D eigenvalue weighted by Gasteiger charge is 2.36. The van der Waals surface area contributed by atoms with E-state index < -0.39 is 11.7 Å². The molecule has 2 heterocycles. The number of para-hydroxylation sites is 2. The zero-order valence-electron chi connectivity index (χ0n) is 29.8. The number of hydrogen-bond donors (Lipinski definition) is 0. The Balaban J connectivity index is 1.39. The summed E-state index contributed by atoms with van der Waals surface area (Å²) >= 11 is 0. The van der Waals surface area contributed by atoms with E-state index in [2.05, 4.69) is 65.2 Å². The molecule has 2 aromatic heterocycles. The average Bonchev–Trinajstić information content (AvgIpc) is 3.75. The van der Waals surface area contributed by atoms with Gasteiger partial charge in [0.15, 0.2) is 0 Å². The molecule has 0 radical (unpaired) electrons. The third-order valence-electron chi connectivity index (χ3n) is 10.8. The van der Waals surface area contributed by atoms with Crippen LogP contribution in [0.3, 0.4) is 0 Å². The van der Waals surface area contributed by atoms with E-state index in [0.717, 1.165) is 65.9 Å². The van der Waals surface area contributed by atoms with Gasteiger partial charge < -0.3 is 9.13 Å². The number of halogens is 3. The molecule has 0 aliphatic rings. The minimum atomic E-state index is -4.72. The number of benzene rings is 8. The Morgan fingerprint density at radius 1 is 0.393 bits per heavy atom. The molecular formula is C50H30F3N3. The van der Waals surface area contributed by atoms with Crippen molar-refractivity contribution >= 4 is 43.6 Å². The van der Waals surface area contributed by atoms with Gasteiger partial charge in [0.25, 0.3) is 0 Å². The van der Waals surface area contributed by atoms with Gasteiger partial charge in [-0.3, -0.25) is 0 Å². The van der Waals surface area contributed by atoms with Gasteiger partial charge in [-0.1, -0.05) is 133 Å². The minimum absolute atomic E-state index is 0.00997. The van der Waals surface area contributed by atoms with Gasteiger partial charge in [0, 0.05) is 21.5 Å². The van der Waals surface area contributed by atoms with Crippen LogP contribution in [0.5, 0.6) is 0 Å². The monoisotopic (exact) mass is 729 g/mol. The van der Waals surface area contributed by atoms with Crippen molar-refractivity contribution < 1.29 is 13.2 Å². The average molecular weight is 730 g/mol. The van der Waals surface area contributed by atoms with E-state index in [-0.39, 0.29) is 11.1 Å². The van der Waals surface area contributed by atoms with E-state index in [9.17, 15) is 5.26 Å². The standard InChI is InChI=1S/C50H30F3N3/c51-50(52,53)43-30-49(56-45-21-10-8-19-39(45)41-25-23-36(28-47(41)56)34-15-5-2-6-16-34)48(29-42(43)37-17-11-12-32(26-37)31-54)55-44-20-9-7-18-38(44)40-24-22-35(27-46(40)55)33-13-3-1-4-14-33/h1-30H. The fourth-order valence-electron chi connectivity index (χ4n) is 8.25. The molecule has 56 heavy (non-hydrogen) atoms. The van der Waals surface area contributed by atoms with Crippen molar-refractivity contribution in [2.24, 2.45) is 0 Å². The van der Waals surface area contributed by atoms with Gasteiger partial charge in [-0.2, -0.15) is 18.4 Å². The summed E-state index contributed by atoms with van der Waals surface area (Å²) in [6.45, 7) is 0. The molecule has 0 aliphatic heterocycles. The third kappa shape index (κ3) is 5.36. The summed E-state index contributed by atoms with van der Waals surface area (Å²) < 4.78 is 50.9. The van der Waals surface area contributed by atoms with Crippen molar-refractivity contribution in [1.82, 2.24) is 9.13 Å². The van der Waals surface area contributed by atoms with Crippen molar-refractivity contribution in [2.45, 2.75) is 6.18 Å². The molecule has 0 unspecified atom stereocenters. The second kappa shape index (κ2) is 12.9. The molecule has 0 aliphatic carbocycles. The quantitative estimate of drug-likeness (QED) is 0.174. The van der Waals surface area contributed by atoms with Gasteiger partial charge >= 0.3 is 6.18 Å². The molecular weight excluding hydrogens is 700 g/mol. The van der Waals surface area contributed by atoms with E-state index in [0.29, 0.717) is 16.9 Å². The molecule has 0 atom stereocenters. The Labute approximate surface area is 320 Å². The van der Waals surface area contributed by atoms with Crippen molar-refractivity contribution in [3.8, 4) is 50.8 Å². The summed E-state index contributed by atoms with van der Waals surface area (Å²) in [4.78, 5) is 0. The Hall–Kier alpha value is -7.36. The predicted molar refractivity (Wildman–Crippen MR) is 221 cm³/mol. The number of fused-ring (bicyclic) bond motifs is 6. The fraction of sp³-hybridized carbons (Fsp3) is 0.0200. The van der Waals surface area contributed by atoms with Gasteiger partial charge in [-0.25, -0.2) is 0 Å². The van der Waals surface area contributed by atoms with E-state index in [4.69, 9.17) is 0 Å². The highest BCUT2D eigenvalue weighted by atomic mass is 19.4. The lowest BCUT2D eigenvalue weighted by Crippen LogP contribution is -2.12. The maximum atomic E-state index is 15.6. The van der Waals surface area contributed by atoms with Crippen LogP contribution in [-0.4, -0.2) is 9.13 Å². The van der Waals surface area contributed by atoms with Crippen molar-refractivity contribution in [1.29, 1.82) is 5.26 Å². The summed E-state index contributed by atoms with van der Waals surface area (Å²) in [6.07, 6.45) is -4.72. The smallest absolute Gasteiger partial charge is 0.307 e. The maximum Gasteiger partial charge on any atom is 0.417 e. The van der Waals surface area contributed by atoms with Gasteiger partial charge in [-0.15, -0.1) is 0 Å². The summed E-state index contributed by atoms with van der Waals surface area (Å²) in [6, 6.07) is 60.0. The van der Waals surface area contributed by atoms with E-state index in [1.807, 2.05) is 95.6 Å². The van der Waals surface area contributed by atoms with Gasteiger partial charge in [-0.05, 0) is 81.9 Å². The minimum Gasteiger partial charge on any atom is -0.307 e. The molecule has 10 rings (SSSR count). The Morgan fingerprint density at radius 3 is 1.38 bits per heavy atom. The largest absolute Gasteiger partial charge is 0.417 e. The van der Waals surface area contributed by atoms with Crippen LogP contribution in [0.15, 0.2) is 182 Å². The Bertz CT molecular complexity index is 3180. The van der Waals surface area contributed by atoms with E-state index in [1.165, 1.54) is 12.1 Å². The second-order valence-electron chi connectivity index (χ2n) is 14.0. The number of rotatable bonds is 5. The van der Waals surface area contributed by atoms with Crippen LogP contribution in [0, 0.1) is 11.3 Å². The first-order chi connectivity index (χ1) is 27.4. The molecule has 0 N–H and O–H groups in total. The topological polar surface area (TPSA) is 33.6 Å². The second-order valence-corrected chi connectivity index (χ2v) is 14.0. The van der Waals surface area contributed by atoms with Crippen LogP contribution >= 0.6 is 0 Å².